The quantitative estimate of drug-likeness (QED) is 0.296. The van der Waals surface area contributed by atoms with E-state index in [1.165, 1.54) is 4.21 Å². The predicted octanol–water partition coefficient (Wildman–Crippen LogP) is 5.85. The van der Waals surface area contributed by atoms with E-state index in [9.17, 15) is 0 Å². The van der Waals surface area contributed by atoms with Crippen molar-refractivity contribution >= 4 is 52.5 Å². The van der Waals surface area contributed by atoms with Gasteiger partial charge in [0.2, 0.25) is 5.13 Å². The number of thiazole rings is 1. The second-order valence-electron chi connectivity index (χ2n) is 7.38. The summed E-state index contributed by atoms with van der Waals surface area (Å²) in [6.07, 6.45) is 6.82. The number of halogens is 2. The molecule has 0 aliphatic carbocycles. The average Bonchev–Trinajstić information content (AvgIpc) is 3.43. The number of aromatic nitrogens is 5. The number of rotatable bonds is 6. The second-order valence-corrected chi connectivity index (χ2v) is 11.0. The molecule has 3 aromatic heterocycles. The van der Waals surface area contributed by atoms with Crippen molar-refractivity contribution in [2.75, 3.05) is 0 Å². The van der Waals surface area contributed by atoms with E-state index in [0.717, 1.165) is 33.2 Å². The minimum atomic E-state index is 0.250. The summed E-state index contributed by atoms with van der Waals surface area (Å²) >= 11 is 15.8. The van der Waals surface area contributed by atoms with Crippen molar-refractivity contribution < 1.29 is 9.59 Å². The highest BCUT2D eigenvalue weighted by molar-refractivity contribution is 8.01. The van der Waals surface area contributed by atoms with E-state index < -0.39 is 0 Å². The third-order valence-corrected chi connectivity index (χ3v) is 7.34. The molecule has 0 spiro atoms. The summed E-state index contributed by atoms with van der Waals surface area (Å²) in [6, 6.07) is 5.59. The van der Waals surface area contributed by atoms with Gasteiger partial charge in [0.15, 0.2) is 0 Å². The van der Waals surface area contributed by atoms with E-state index in [-0.39, 0.29) is 6.15 Å². The van der Waals surface area contributed by atoms with E-state index in [0.29, 0.717) is 21.7 Å². The molecule has 11 heteroatoms. The molecule has 0 amide bonds. The molecule has 0 atom stereocenters. The Hall–Kier alpha value is -2.42. The van der Waals surface area contributed by atoms with Crippen LogP contribution in [0.15, 0.2) is 41.0 Å². The molecule has 0 fully saturated rings. The Morgan fingerprint density at radius 3 is 2.52 bits per heavy atom. The van der Waals surface area contributed by atoms with Crippen LogP contribution in [-0.2, 0) is 23.1 Å². The summed E-state index contributed by atoms with van der Waals surface area (Å²) in [6.45, 7) is 6.38. The molecular formula is C22H21Cl2N5O2S2. The smallest absolute Gasteiger partial charge is 0.275 e. The lowest BCUT2D eigenvalue weighted by Crippen LogP contribution is -1.93. The van der Waals surface area contributed by atoms with Gasteiger partial charge < -0.3 is 0 Å². The maximum atomic E-state index is 8.12. The zero-order valence-corrected chi connectivity index (χ0v) is 21.5. The minimum Gasteiger partial charge on any atom is -0.275 e. The monoisotopic (exact) mass is 521 g/mol. The topological polar surface area (TPSA) is 82.7 Å². The zero-order valence-electron chi connectivity index (χ0n) is 18.4. The summed E-state index contributed by atoms with van der Waals surface area (Å²) in [5, 5.41) is 11.6. The van der Waals surface area contributed by atoms with Crippen molar-refractivity contribution in [1.82, 2.24) is 24.5 Å². The molecule has 33 heavy (non-hydrogen) atoms. The molecule has 0 saturated heterocycles. The molecular weight excluding hydrogens is 501 g/mol. The van der Waals surface area contributed by atoms with Crippen LogP contribution in [0.4, 0.5) is 0 Å². The second kappa shape index (κ2) is 11.1. The molecule has 0 saturated carbocycles. The first-order valence-electron chi connectivity index (χ1n) is 9.87. The highest BCUT2D eigenvalue weighted by Gasteiger charge is 2.19. The van der Waals surface area contributed by atoms with Gasteiger partial charge in [-0.15, -0.1) is 11.8 Å². The van der Waals surface area contributed by atoms with Crippen molar-refractivity contribution in [3.05, 3.63) is 63.7 Å². The van der Waals surface area contributed by atoms with E-state index in [4.69, 9.17) is 42.9 Å². The molecule has 0 unspecified atom stereocenters. The number of carbonyl (C=O) groups excluding carboxylic acids is 2. The molecule has 3 heterocycles. The SMILES string of the molecule is Cc1nn(-c2nc(-c3cnn(C)c3)c(SC(C)C)s2)cc1Cc1ccc(Cl)cc1Cl.O=C=O. The van der Waals surface area contributed by atoms with Crippen molar-refractivity contribution in [3.63, 3.8) is 0 Å². The molecule has 4 rings (SSSR count). The molecule has 0 aliphatic heterocycles. The van der Waals surface area contributed by atoms with Crippen molar-refractivity contribution in [2.24, 2.45) is 7.05 Å². The van der Waals surface area contributed by atoms with Gasteiger partial charge in [0.05, 0.1) is 16.1 Å². The Morgan fingerprint density at radius 2 is 1.91 bits per heavy atom. The first-order chi connectivity index (χ1) is 15.7. The third-order valence-electron chi connectivity index (χ3n) is 4.50. The maximum absolute atomic E-state index is 8.12. The molecule has 1 aromatic carbocycles. The molecule has 4 aromatic rings. The van der Waals surface area contributed by atoms with Gasteiger partial charge in [0.25, 0.3) is 0 Å². The Labute approximate surface area is 209 Å². The number of hydrogen-bond donors (Lipinski definition) is 0. The standard InChI is InChI=1S/C21H21Cl2N5S2.CO2/c1-12(2)29-20-19(16-9-24-27(4)10-16)25-21(30-20)28-11-15(13(3)26-28)7-14-5-6-17(22)8-18(14)23;2-1-3/h5-6,8-12H,7H2,1-4H3;. The molecule has 0 aliphatic rings. The van der Waals surface area contributed by atoms with E-state index in [2.05, 4.69) is 18.9 Å². The molecule has 0 N–H and O–H groups in total. The first kappa shape index (κ1) is 25.2. The van der Waals surface area contributed by atoms with Gasteiger partial charge in [0, 0.05) is 46.7 Å². The van der Waals surface area contributed by atoms with Crippen LogP contribution in [0.25, 0.3) is 16.4 Å². The van der Waals surface area contributed by atoms with Gasteiger partial charge in [-0.2, -0.15) is 19.8 Å². The Bertz CT molecular complexity index is 1290. The van der Waals surface area contributed by atoms with Crippen LogP contribution < -0.4 is 0 Å². The fourth-order valence-electron chi connectivity index (χ4n) is 3.05. The van der Waals surface area contributed by atoms with Crippen LogP contribution >= 0.6 is 46.3 Å². The van der Waals surface area contributed by atoms with Crippen LogP contribution in [-0.4, -0.2) is 35.9 Å². The highest BCUT2D eigenvalue weighted by atomic mass is 35.5. The summed E-state index contributed by atoms with van der Waals surface area (Å²) in [5.74, 6) is 0. The Balaban J connectivity index is 0.000000968. The third kappa shape index (κ3) is 6.34. The summed E-state index contributed by atoms with van der Waals surface area (Å²) < 4.78 is 4.83. The number of aryl methyl sites for hydroxylation is 2. The minimum absolute atomic E-state index is 0.250. The van der Waals surface area contributed by atoms with Gasteiger partial charge >= 0.3 is 6.15 Å². The highest BCUT2D eigenvalue weighted by Crippen LogP contribution is 2.39. The lowest BCUT2D eigenvalue weighted by molar-refractivity contribution is -0.191. The summed E-state index contributed by atoms with van der Waals surface area (Å²) in [4.78, 5) is 21.2. The first-order valence-corrected chi connectivity index (χ1v) is 12.3. The molecule has 172 valence electrons. The van der Waals surface area contributed by atoms with E-state index in [1.807, 2.05) is 61.1 Å². The van der Waals surface area contributed by atoms with Gasteiger partial charge in [0.1, 0.15) is 5.69 Å². The fraction of sp³-hybridized carbons (Fsp3) is 0.273. The Morgan fingerprint density at radius 1 is 1.18 bits per heavy atom. The predicted molar refractivity (Wildman–Crippen MR) is 131 cm³/mol. The largest absolute Gasteiger partial charge is 0.373 e. The number of thioether (sulfide) groups is 1. The van der Waals surface area contributed by atoms with Crippen LogP contribution in [0.2, 0.25) is 10.0 Å². The van der Waals surface area contributed by atoms with Crippen LogP contribution in [0.3, 0.4) is 0 Å². The molecule has 7 nitrogen and oxygen atoms in total. The van der Waals surface area contributed by atoms with E-state index >= 15 is 0 Å². The van der Waals surface area contributed by atoms with Gasteiger partial charge in [-0.1, -0.05) is 54.5 Å². The lowest BCUT2D eigenvalue weighted by Gasteiger charge is -2.03. The van der Waals surface area contributed by atoms with Gasteiger partial charge in [-0.05, 0) is 30.2 Å². The van der Waals surface area contributed by atoms with Crippen molar-refractivity contribution in [3.8, 4) is 16.4 Å². The summed E-state index contributed by atoms with van der Waals surface area (Å²) in [7, 11) is 1.91. The number of hydrogen-bond acceptors (Lipinski definition) is 7. The number of nitrogens with zero attached hydrogens (tertiary/aromatic N) is 5. The fourth-order valence-corrected chi connectivity index (χ4v) is 5.97. The van der Waals surface area contributed by atoms with Crippen LogP contribution in [0, 0.1) is 6.92 Å². The zero-order chi connectivity index (χ0) is 24.1. The van der Waals surface area contributed by atoms with Gasteiger partial charge in [-0.3, -0.25) is 4.68 Å². The normalized spacial score (nSPS) is 10.8. The van der Waals surface area contributed by atoms with Gasteiger partial charge in [-0.25, -0.2) is 9.67 Å². The van der Waals surface area contributed by atoms with Crippen molar-refractivity contribution in [1.29, 1.82) is 0 Å². The summed E-state index contributed by atoms with van der Waals surface area (Å²) in [5.41, 5.74) is 5.06. The van der Waals surface area contributed by atoms with Crippen LogP contribution in [0.5, 0.6) is 0 Å². The average molecular weight is 522 g/mol. The molecule has 0 radical (unpaired) electrons. The Kier molecular flexibility index (Phi) is 8.51. The maximum Gasteiger partial charge on any atom is 0.373 e. The van der Waals surface area contributed by atoms with E-state index in [1.54, 1.807) is 22.1 Å². The number of benzene rings is 1. The van der Waals surface area contributed by atoms with Crippen molar-refractivity contribution in [2.45, 2.75) is 36.7 Å². The van der Waals surface area contributed by atoms with Crippen LogP contribution in [0.1, 0.15) is 30.7 Å². The lowest BCUT2D eigenvalue weighted by atomic mass is 10.1. The molecule has 0 bridgehead atoms.